The van der Waals surface area contributed by atoms with E-state index >= 15 is 0 Å². The summed E-state index contributed by atoms with van der Waals surface area (Å²) in [5, 5.41) is 1.88. The van der Waals surface area contributed by atoms with Gasteiger partial charge in [0.1, 0.15) is 13.2 Å². The van der Waals surface area contributed by atoms with Gasteiger partial charge in [0.15, 0.2) is 16.5 Å². The largest absolute Gasteiger partial charge is 0.486 e. The number of carbonyl (C=O) groups is 1. The predicted molar refractivity (Wildman–Crippen MR) is 132 cm³/mol. The van der Waals surface area contributed by atoms with Crippen molar-refractivity contribution in [2.45, 2.75) is 25.4 Å². The van der Waals surface area contributed by atoms with Gasteiger partial charge in [0.25, 0.3) is 5.56 Å². The molecule has 1 unspecified atom stereocenters. The number of fused-ring (bicyclic) bond motifs is 2. The number of thiazole rings is 1. The van der Waals surface area contributed by atoms with Gasteiger partial charge in [-0.2, -0.15) is 0 Å². The molecule has 2 saturated heterocycles. The molecule has 35 heavy (non-hydrogen) atoms. The Morgan fingerprint density at radius 3 is 2.69 bits per heavy atom. The second-order valence-electron chi connectivity index (χ2n) is 9.34. The highest BCUT2D eigenvalue weighted by atomic mass is 32.1. The highest BCUT2D eigenvalue weighted by molar-refractivity contribution is 7.15. The zero-order valence-corrected chi connectivity index (χ0v) is 20.4. The van der Waals surface area contributed by atoms with Gasteiger partial charge in [-0.15, -0.1) is 11.3 Å². The number of nitrogens with zero attached hydrogens (tertiary/aromatic N) is 5. The zero-order chi connectivity index (χ0) is 23.8. The molecule has 1 amide bonds. The van der Waals surface area contributed by atoms with Crippen LogP contribution in [0.4, 0.5) is 0 Å². The van der Waals surface area contributed by atoms with E-state index in [2.05, 4.69) is 20.9 Å². The van der Waals surface area contributed by atoms with E-state index in [0.29, 0.717) is 26.3 Å². The standard InChI is InChI=1S/C25H29N5O4S/c31-23-15-19(26-25-30(23)10-13-35-25)16-27-6-8-28(9-7-27)17-24(32)29-5-1-2-20(29)18-3-4-21-22(14-18)34-12-11-33-21/h3-4,10,13-15,20H,1-2,5-9,11-12,16-17H2. The van der Waals surface area contributed by atoms with Crippen LogP contribution >= 0.6 is 11.3 Å². The minimum Gasteiger partial charge on any atom is -0.486 e. The van der Waals surface area contributed by atoms with Crippen LogP contribution in [-0.4, -0.2) is 82.5 Å². The Balaban J connectivity index is 1.04. The van der Waals surface area contributed by atoms with E-state index in [-0.39, 0.29) is 17.5 Å². The first kappa shape index (κ1) is 22.5. The van der Waals surface area contributed by atoms with Crippen LogP contribution in [0.5, 0.6) is 11.5 Å². The molecule has 10 heteroatoms. The average molecular weight is 496 g/mol. The topological polar surface area (TPSA) is 79.6 Å². The number of carbonyl (C=O) groups excluding carboxylic acids is 1. The third-order valence-electron chi connectivity index (χ3n) is 7.09. The second kappa shape index (κ2) is 9.60. The quantitative estimate of drug-likeness (QED) is 0.536. The number of piperazine rings is 1. The highest BCUT2D eigenvalue weighted by Gasteiger charge is 2.32. The number of hydrogen-bond donors (Lipinski definition) is 0. The predicted octanol–water partition coefficient (Wildman–Crippen LogP) is 2.01. The fraction of sp³-hybridized carbons (Fsp3) is 0.480. The summed E-state index contributed by atoms with van der Waals surface area (Å²) in [6.45, 7) is 6.39. The van der Waals surface area contributed by atoms with Crippen LogP contribution in [-0.2, 0) is 11.3 Å². The summed E-state index contributed by atoms with van der Waals surface area (Å²) in [4.78, 5) is 37.4. The zero-order valence-electron chi connectivity index (χ0n) is 19.6. The molecule has 0 saturated carbocycles. The maximum absolute atomic E-state index is 13.3. The van der Waals surface area contributed by atoms with Crippen LogP contribution in [0.25, 0.3) is 4.96 Å². The lowest BCUT2D eigenvalue weighted by Crippen LogP contribution is -2.49. The van der Waals surface area contributed by atoms with Crippen molar-refractivity contribution in [1.29, 1.82) is 0 Å². The molecule has 1 aromatic carbocycles. The van der Waals surface area contributed by atoms with E-state index in [1.807, 2.05) is 22.4 Å². The molecule has 1 atom stereocenters. The summed E-state index contributed by atoms with van der Waals surface area (Å²) in [6.07, 6.45) is 3.74. The summed E-state index contributed by atoms with van der Waals surface area (Å²) in [5.74, 6) is 1.75. The molecule has 0 radical (unpaired) electrons. The maximum atomic E-state index is 13.3. The Kier molecular flexibility index (Phi) is 6.17. The Labute approximate surface area is 207 Å². The van der Waals surface area contributed by atoms with Crippen LogP contribution < -0.4 is 15.0 Å². The Morgan fingerprint density at radius 2 is 1.83 bits per heavy atom. The van der Waals surface area contributed by atoms with Crippen molar-refractivity contribution >= 4 is 22.2 Å². The first-order valence-corrected chi connectivity index (χ1v) is 13.1. The lowest BCUT2D eigenvalue weighted by atomic mass is 10.0. The van der Waals surface area contributed by atoms with Crippen LogP contribution in [0.3, 0.4) is 0 Å². The van der Waals surface area contributed by atoms with Crippen molar-refractivity contribution in [2.24, 2.45) is 0 Å². The first-order chi connectivity index (χ1) is 17.1. The summed E-state index contributed by atoms with van der Waals surface area (Å²) < 4.78 is 13.0. The van der Waals surface area contributed by atoms with Crippen LogP contribution in [0.2, 0.25) is 0 Å². The van der Waals surface area contributed by atoms with E-state index in [0.717, 1.165) is 73.3 Å². The minimum absolute atomic E-state index is 0.0336. The molecule has 0 bridgehead atoms. The molecule has 5 heterocycles. The molecular weight excluding hydrogens is 466 g/mol. The van der Waals surface area contributed by atoms with Gasteiger partial charge in [-0.1, -0.05) is 6.07 Å². The molecule has 6 rings (SSSR count). The Morgan fingerprint density at radius 1 is 1.03 bits per heavy atom. The van der Waals surface area contributed by atoms with Gasteiger partial charge >= 0.3 is 0 Å². The van der Waals surface area contributed by atoms with E-state index in [1.165, 1.54) is 11.3 Å². The molecule has 3 aromatic rings. The lowest BCUT2D eigenvalue weighted by molar-refractivity contribution is -0.133. The summed E-state index contributed by atoms with van der Waals surface area (Å²) >= 11 is 1.47. The van der Waals surface area contributed by atoms with E-state index in [1.54, 1.807) is 16.7 Å². The molecule has 2 aromatic heterocycles. The average Bonchev–Trinajstić information content (AvgIpc) is 3.55. The molecular formula is C25H29N5O4S. The fourth-order valence-corrected chi connectivity index (χ4v) is 6.00. The highest BCUT2D eigenvalue weighted by Crippen LogP contribution is 2.38. The van der Waals surface area contributed by atoms with Gasteiger partial charge in [-0.05, 0) is 30.5 Å². The summed E-state index contributed by atoms with van der Waals surface area (Å²) in [6, 6.07) is 7.79. The van der Waals surface area contributed by atoms with E-state index < -0.39 is 0 Å². The molecule has 9 nitrogen and oxygen atoms in total. The van der Waals surface area contributed by atoms with Crippen LogP contribution in [0, 0.1) is 0 Å². The van der Waals surface area contributed by atoms with Gasteiger partial charge in [-0.25, -0.2) is 4.98 Å². The maximum Gasteiger partial charge on any atom is 0.258 e. The Bertz CT molecular complexity index is 1280. The van der Waals surface area contributed by atoms with E-state index in [9.17, 15) is 9.59 Å². The number of likely N-dealkylation sites (tertiary alicyclic amines) is 1. The van der Waals surface area contributed by atoms with Gasteiger partial charge in [0.05, 0.1) is 18.3 Å². The molecule has 0 N–H and O–H groups in total. The third kappa shape index (κ3) is 4.65. The summed E-state index contributed by atoms with van der Waals surface area (Å²) in [5.41, 5.74) is 1.89. The number of hydrogen-bond acceptors (Lipinski definition) is 8. The normalized spacial score (nSPS) is 21.0. The molecule has 0 spiro atoms. The fourth-order valence-electron chi connectivity index (χ4n) is 5.26. The molecule has 2 fully saturated rings. The van der Waals surface area contributed by atoms with Gasteiger partial charge in [-0.3, -0.25) is 23.8 Å². The summed E-state index contributed by atoms with van der Waals surface area (Å²) in [7, 11) is 0. The Hall–Kier alpha value is -2.95. The first-order valence-electron chi connectivity index (χ1n) is 12.2. The minimum atomic E-state index is -0.0336. The van der Waals surface area contributed by atoms with Crippen LogP contribution in [0.15, 0.2) is 40.6 Å². The SMILES string of the molecule is O=C(CN1CCN(Cc2cc(=O)n3ccsc3n2)CC1)N1CCCC1c1ccc2c(c1)OCCO2. The van der Waals surface area contributed by atoms with Crippen molar-refractivity contribution in [3.8, 4) is 11.5 Å². The van der Waals surface area contributed by atoms with Gasteiger partial charge < -0.3 is 14.4 Å². The van der Waals surface area contributed by atoms with Gasteiger partial charge in [0, 0.05) is 56.9 Å². The number of rotatable bonds is 5. The van der Waals surface area contributed by atoms with E-state index in [4.69, 9.17) is 9.47 Å². The molecule has 184 valence electrons. The number of amides is 1. The molecule has 3 aliphatic heterocycles. The van der Waals surface area contributed by atoms with Gasteiger partial charge in [0.2, 0.25) is 5.91 Å². The van der Waals surface area contributed by atoms with Crippen molar-refractivity contribution in [3.05, 3.63) is 57.5 Å². The van der Waals surface area contributed by atoms with Crippen LogP contribution in [0.1, 0.15) is 30.1 Å². The van der Waals surface area contributed by atoms with Crippen molar-refractivity contribution in [3.63, 3.8) is 0 Å². The third-order valence-corrected chi connectivity index (χ3v) is 7.85. The lowest BCUT2D eigenvalue weighted by Gasteiger charge is -2.35. The van der Waals surface area contributed by atoms with Crippen molar-refractivity contribution < 1.29 is 14.3 Å². The smallest absolute Gasteiger partial charge is 0.258 e. The molecule has 0 aliphatic carbocycles. The number of aromatic nitrogens is 2. The number of benzene rings is 1. The number of ether oxygens (including phenoxy) is 2. The van der Waals surface area contributed by atoms with Crippen molar-refractivity contribution in [1.82, 2.24) is 24.1 Å². The van der Waals surface area contributed by atoms with Crippen molar-refractivity contribution in [2.75, 3.05) is 52.5 Å². The molecule has 3 aliphatic rings. The monoisotopic (exact) mass is 495 g/mol. The second-order valence-corrected chi connectivity index (χ2v) is 10.2.